The number of carbonyl (C=O) groups is 1. The largest absolute Gasteiger partial charge is 0.478 e. The van der Waals surface area contributed by atoms with E-state index in [1.165, 1.54) is 18.3 Å². The molecule has 5 nitrogen and oxygen atoms in total. The summed E-state index contributed by atoms with van der Waals surface area (Å²) in [5.41, 5.74) is 0.923. The number of rotatable bonds is 4. The zero-order valence-electron chi connectivity index (χ0n) is 8.91. The highest BCUT2D eigenvalue weighted by Gasteiger charge is 2.03. The highest BCUT2D eigenvalue weighted by atomic mass is 16.5. The molecular weight excluding hydrogens is 220 g/mol. The molecule has 0 saturated carbocycles. The summed E-state index contributed by atoms with van der Waals surface area (Å²) in [7, 11) is 0. The molecule has 0 aliphatic carbocycles. The number of aromatic carboxylic acids is 1. The van der Waals surface area contributed by atoms with Gasteiger partial charge < -0.3 is 9.84 Å². The van der Waals surface area contributed by atoms with Crippen molar-refractivity contribution in [2.24, 2.45) is 0 Å². The van der Waals surface area contributed by atoms with E-state index in [9.17, 15) is 4.79 Å². The van der Waals surface area contributed by atoms with Crippen LogP contribution in [-0.4, -0.2) is 21.0 Å². The molecule has 5 heteroatoms. The van der Waals surface area contributed by atoms with Gasteiger partial charge in [-0.2, -0.15) is 0 Å². The monoisotopic (exact) mass is 230 g/mol. The highest BCUT2D eigenvalue weighted by Crippen LogP contribution is 2.09. The summed E-state index contributed by atoms with van der Waals surface area (Å²) in [4.78, 5) is 18.6. The van der Waals surface area contributed by atoms with Gasteiger partial charge in [-0.25, -0.2) is 9.78 Å². The number of hydrogen-bond acceptors (Lipinski definition) is 4. The van der Waals surface area contributed by atoms with Gasteiger partial charge in [-0.3, -0.25) is 4.98 Å². The van der Waals surface area contributed by atoms with Crippen LogP contribution >= 0.6 is 0 Å². The van der Waals surface area contributed by atoms with Crippen LogP contribution in [0.15, 0.2) is 42.7 Å². The van der Waals surface area contributed by atoms with Crippen LogP contribution in [0.2, 0.25) is 0 Å². The van der Waals surface area contributed by atoms with Gasteiger partial charge in [-0.1, -0.05) is 6.07 Å². The minimum Gasteiger partial charge on any atom is -0.478 e. The molecule has 0 atom stereocenters. The van der Waals surface area contributed by atoms with Gasteiger partial charge in [0.05, 0.1) is 11.3 Å². The Bertz CT molecular complexity index is 497. The van der Waals surface area contributed by atoms with Gasteiger partial charge in [0.25, 0.3) is 0 Å². The topological polar surface area (TPSA) is 72.3 Å². The van der Waals surface area contributed by atoms with E-state index in [1.807, 2.05) is 18.2 Å². The number of carboxylic acids is 1. The summed E-state index contributed by atoms with van der Waals surface area (Å²) < 4.78 is 5.36. The van der Waals surface area contributed by atoms with Crippen molar-refractivity contribution in [1.82, 2.24) is 9.97 Å². The minimum absolute atomic E-state index is 0.134. The molecule has 0 fully saturated rings. The van der Waals surface area contributed by atoms with Gasteiger partial charge in [-0.05, 0) is 18.2 Å². The lowest BCUT2D eigenvalue weighted by atomic mass is 10.3. The van der Waals surface area contributed by atoms with Crippen molar-refractivity contribution in [2.45, 2.75) is 6.61 Å². The van der Waals surface area contributed by atoms with Crippen LogP contribution in [0.5, 0.6) is 5.88 Å². The van der Waals surface area contributed by atoms with Gasteiger partial charge in [0.2, 0.25) is 5.88 Å². The Balaban J connectivity index is 1.98. The minimum atomic E-state index is -1.01. The van der Waals surface area contributed by atoms with Crippen molar-refractivity contribution < 1.29 is 14.6 Å². The molecule has 2 heterocycles. The number of pyridine rings is 2. The average molecular weight is 230 g/mol. The molecule has 0 saturated heterocycles. The number of hydrogen-bond donors (Lipinski definition) is 1. The van der Waals surface area contributed by atoms with Crippen LogP contribution in [0.3, 0.4) is 0 Å². The Kier molecular flexibility index (Phi) is 3.30. The fourth-order valence-corrected chi connectivity index (χ4v) is 1.22. The molecule has 0 aliphatic heterocycles. The standard InChI is InChI=1S/C12H10N2O3/c15-12(16)9-4-5-11(14-7-9)17-8-10-3-1-2-6-13-10/h1-7H,8H2,(H,15,16). The molecule has 17 heavy (non-hydrogen) atoms. The van der Waals surface area contributed by atoms with E-state index in [-0.39, 0.29) is 5.56 Å². The molecule has 0 aliphatic rings. The van der Waals surface area contributed by atoms with E-state index in [1.54, 1.807) is 6.20 Å². The summed E-state index contributed by atoms with van der Waals surface area (Å²) in [6, 6.07) is 8.50. The number of nitrogens with zero attached hydrogens (tertiary/aromatic N) is 2. The second-order valence-corrected chi connectivity index (χ2v) is 3.30. The van der Waals surface area contributed by atoms with Crippen molar-refractivity contribution in [3.8, 4) is 5.88 Å². The highest BCUT2D eigenvalue weighted by molar-refractivity contribution is 5.87. The summed E-state index contributed by atoms with van der Waals surface area (Å²) in [5, 5.41) is 8.69. The first-order valence-corrected chi connectivity index (χ1v) is 4.98. The summed E-state index contributed by atoms with van der Waals surface area (Å²) in [5.74, 6) is -0.630. The molecule has 2 aromatic rings. The zero-order chi connectivity index (χ0) is 12.1. The van der Waals surface area contributed by atoms with Crippen LogP contribution in [0.1, 0.15) is 16.1 Å². The second-order valence-electron chi connectivity index (χ2n) is 3.30. The Labute approximate surface area is 97.7 Å². The van der Waals surface area contributed by atoms with Crippen molar-refractivity contribution in [2.75, 3.05) is 0 Å². The van der Waals surface area contributed by atoms with Crippen LogP contribution in [-0.2, 0) is 6.61 Å². The quantitative estimate of drug-likeness (QED) is 0.866. The van der Waals surface area contributed by atoms with Gasteiger partial charge in [0.15, 0.2) is 0 Å². The Morgan fingerprint density at radius 2 is 2.12 bits per heavy atom. The SMILES string of the molecule is O=C(O)c1ccc(OCc2ccccn2)nc1. The molecule has 0 radical (unpaired) electrons. The fourth-order valence-electron chi connectivity index (χ4n) is 1.22. The number of ether oxygens (including phenoxy) is 1. The third kappa shape index (κ3) is 3.01. The van der Waals surface area contributed by atoms with E-state index < -0.39 is 5.97 Å². The Hall–Kier alpha value is -2.43. The predicted octanol–water partition coefficient (Wildman–Crippen LogP) is 1.75. The van der Waals surface area contributed by atoms with Gasteiger partial charge in [0, 0.05) is 18.5 Å². The molecule has 0 aromatic carbocycles. The maximum absolute atomic E-state index is 10.6. The van der Waals surface area contributed by atoms with Crippen molar-refractivity contribution in [3.63, 3.8) is 0 Å². The lowest BCUT2D eigenvalue weighted by Gasteiger charge is -2.04. The smallest absolute Gasteiger partial charge is 0.337 e. The molecule has 1 N–H and O–H groups in total. The van der Waals surface area contributed by atoms with E-state index in [0.29, 0.717) is 12.5 Å². The van der Waals surface area contributed by atoms with Crippen LogP contribution in [0.25, 0.3) is 0 Å². The third-order valence-electron chi connectivity index (χ3n) is 2.08. The number of carboxylic acid groups (broad SMARTS) is 1. The Morgan fingerprint density at radius 1 is 1.24 bits per heavy atom. The summed E-state index contributed by atoms with van der Waals surface area (Å²) in [6.07, 6.45) is 2.94. The maximum atomic E-state index is 10.6. The molecule has 0 unspecified atom stereocenters. The third-order valence-corrected chi connectivity index (χ3v) is 2.08. The predicted molar refractivity (Wildman–Crippen MR) is 59.8 cm³/mol. The zero-order valence-corrected chi connectivity index (χ0v) is 8.91. The van der Waals surface area contributed by atoms with E-state index in [4.69, 9.17) is 9.84 Å². The van der Waals surface area contributed by atoms with Crippen LogP contribution in [0.4, 0.5) is 0 Å². The molecule has 2 aromatic heterocycles. The van der Waals surface area contributed by atoms with Gasteiger partial charge in [0.1, 0.15) is 6.61 Å². The summed E-state index contributed by atoms with van der Waals surface area (Å²) in [6.45, 7) is 0.306. The molecule has 86 valence electrons. The number of aromatic nitrogens is 2. The van der Waals surface area contributed by atoms with Crippen molar-refractivity contribution >= 4 is 5.97 Å². The van der Waals surface area contributed by atoms with Crippen molar-refractivity contribution in [3.05, 3.63) is 54.0 Å². The fraction of sp³-hybridized carbons (Fsp3) is 0.0833. The van der Waals surface area contributed by atoms with E-state index in [2.05, 4.69) is 9.97 Å². The van der Waals surface area contributed by atoms with Crippen LogP contribution < -0.4 is 4.74 Å². The van der Waals surface area contributed by atoms with Crippen LogP contribution in [0, 0.1) is 0 Å². The molecule has 2 rings (SSSR count). The molecule has 0 spiro atoms. The first-order chi connectivity index (χ1) is 8.25. The lowest BCUT2D eigenvalue weighted by Crippen LogP contribution is -2.01. The first-order valence-electron chi connectivity index (χ1n) is 4.98. The Morgan fingerprint density at radius 3 is 2.71 bits per heavy atom. The van der Waals surface area contributed by atoms with E-state index in [0.717, 1.165) is 5.69 Å². The average Bonchev–Trinajstić information content (AvgIpc) is 2.38. The van der Waals surface area contributed by atoms with Gasteiger partial charge >= 0.3 is 5.97 Å². The summed E-state index contributed by atoms with van der Waals surface area (Å²) >= 11 is 0. The molecule has 0 bridgehead atoms. The van der Waals surface area contributed by atoms with Gasteiger partial charge in [-0.15, -0.1) is 0 Å². The lowest BCUT2D eigenvalue weighted by molar-refractivity contribution is 0.0696. The van der Waals surface area contributed by atoms with E-state index >= 15 is 0 Å². The molecular formula is C12H10N2O3. The normalized spacial score (nSPS) is 9.88. The first kappa shape index (κ1) is 11.1. The maximum Gasteiger partial charge on any atom is 0.337 e. The second kappa shape index (κ2) is 5.07. The molecule has 0 amide bonds. The van der Waals surface area contributed by atoms with Crippen molar-refractivity contribution in [1.29, 1.82) is 0 Å².